The van der Waals surface area contributed by atoms with Crippen LogP contribution in [-0.2, 0) is 6.54 Å². The van der Waals surface area contributed by atoms with Crippen LogP contribution in [0.1, 0.15) is 27.0 Å². The lowest BCUT2D eigenvalue weighted by Crippen LogP contribution is -2.30. The molecule has 0 bridgehead atoms. The summed E-state index contributed by atoms with van der Waals surface area (Å²) in [5.74, 6) is -0.0520. The van der Waals surface area contributed by atoms with Crippen molar-refractivity contribution in [2.75, 3.05) is 4.90 Å². The maximum absolute atomic E-state index is 13.3. The van der Waals surface area contributed by atoms with E-state index in [1.54, 1.807) is 16.2 Å². The first-order chi connectivity index (χ1) is 13.5. The van der Waals surface area contributed by atoms with Crippen molar-refractivity contribution in [3.63, 3.8) is 0 Å². The number of aromatic nitrogens is 1. The smallest absolute Gasteiger partial charge is 0.260 e. The maximum Gasteiger partial charge on any atom is 0.260 e. The molecule has 28 heavy (non-hydrogen) atoms. The SMILES string of the molecule is Cc1cc2nc(N(Cc3ccccc3)C(=O)c3ccc(Br)cc3)sc2cc1C. The summed E-state index contributed by atoms with van der Waals surface area (Å²) in [6.45, 7) is 4.67. The minimum absolute atomic E-state index is 0.0520. The van der Waals surface area contributed by atoms with Crippen LogP contribution in [0.2, 0.25) is 0 Å². The molecular formula is C23H19BrN2OS. The van der Waals surface area contributed by atoms with Crippen molar-refractivity contribution in [2.24, 2.45) is 0 Å². The van der Waals surface area contributed by atoms with Crippen LogP contribution in [-0.4, -0.2) is 10.9 Å². The van der Waals surface area contributed by atoms with Crippen LogP contribution >= 0.6 is 27.3 Å². The van der Waals surface area contributed by atoms with E-state index >= 15 is 0 Å². The molecule has 0 aliphatic carbocycles. The van der Waals surface area contributed by atoms with Gasteiger partial charge in [0.1, 0.15) is 0 Å². The molecule has 0 radical (unpaired) electrons. The highest BCUT2D eigenvalue weighted by molar-refractivity contribution is 9.10. The molecule has 5 heteroatoms. The molecule has 0 aliphatic rings. The van der Waals surface area contributed by atoms with E-state index in [2.05, 4.69) is 41.9 Å². The first kappa shape index (κ1) is 18.8. The first-order valence-corrected chi connectivity index (χ1v) is 10.6. The number of anilines is 1. The number of rotatable bonds is 4. The molecule has 0 atom stereocenters. The van der Waals surface area contributed by atoms with E-state index < -0.39 is 0 Å². The molecular weight excluding hydrogens is 432 g/mol. The third-order valence-corrected chi connectivity index (χ3v) is 6.31. The number of carbonyl (C=O) groups is 1. The molecule has 3 aromatic carbocycles. The van der Waals surface area contributed by atoms with Crippen molar-refractivity contribution in [1.82, 2.24) is 4.98 Å². The number of nitrogens with zero attached hydrogens (tertiary/aromatic N) is 2. The summed E-state index contributed by atoms with van der Waals surface area (Å²) in [5.41, 5.74) is 5.09. The average molecular weight is 451 g/mol. The summed E-state index contributed by atoms with van der Waals surface area (Å²) in [6.07, 6.45) is 0. The van der Waals surface area contributed by atoms with Crippen LogP contribution in [0.3, 0.4) is 0 Å². The number of benzene rings is 3. The zero-order valence-electron chi connectivity index (χ0n) is 15.6. The number of thiazole rings is 1. The van der Waals surface area contributed by atoms with Gasteiger partial charge >= 0.3 is 0 Å². The van der Waals surface area contributed by atoms with Crippen LogP contribution < -0.4 is 4.90 Å². The van der Waals surface area contributed by atoms with Gasteiger partial charge in [-0.05, 0) is 66.9 Å². The van der Waals surface area contributed by atoms with Crippen molar-refractivity contribution in [3.05, 3.63) is 93.5 Å². The summed E-state index contributed by atoms with van der Waals surface area (Å²) >= 11 is 4.99. The lowest BCUT2D eigenvalue weighted by atomic mass is 10.1. The summed E-state index contributed by atoms with van der Waals surface area (Å²) in [7, 11) is 0. The Labute approximate surface area is 176 Å². The van der Waals surface area contributed by atoms with Gasteiger partial charge in [-0.25, -0.2) is 4.98 Å². The Bertz CT molecular complexity index is 1100. The van der Waals surface area contributed by atoms with Gasteiger partial charge in [0.25, 0.3) is 5.91 Å². The van der Waals surface area contributed by atoms with E-state index in [0.29, 0.717) is 12.1 Å². The highest BCUT2D eigenvalue weighted by atomic mass is 79.9. The Morgan fingerprint density at radius 1 is 1.00 bits per heavy atom. The predicted octanol–water partition coefficient (Wildman–Crippen LogP) is 6.52. The molecule has 1 heterocycles. The second kappa shape index (κ2) is 7.86. The molecule has 0 aliphatic heterocycles. The lowest BCUT2D eigenvalue weighted by molar-refractivity contribution is 0.0985. The second-order valence-electron chi connectivity index (χ2n) is 6.78. The van der Waals surface area contributed by atoms with E-state index in [9.17, 15) is 4.79 Å². The molecule has 4 aromatic rings. The number of amides is 1. The second-order valence-corrected chi connectivity index (χ2v) is 8.71. The molecule has 140 valence electrons. The van der Waals surface area contributed by atoms with E-state index in [1.165, 1.54) is 11.1 Å². The fourth-order valence-electron chi connectivity index (χ4n) is 3.02. The molecule has 4 rings (SSSR count). The molecule has 0 saturated heterocycles. The summed E-state index contributed by atoms with van der Waals surface area (Å²) in [4.78, 5) is 19.9. The minimum atomic E-state index is -0.0520. The molecule has 0 fully saturated rings. The number of fused-ring (bicyclic) bond motifs is 1. The largest absolute Gasteiger partial charge is 0.279 e. The zero-order chi connectivity index (χ0) is 19.7. The number of aryl methyl sites for hydroxylation is 2. The van der Waals surface area contributed by atoms with Gasteiger partial charge < -0.3 is 0 Å². The molecule has 0 spiro atoms. The standard InChI is InChI=1S/C23H19BrN2OS/c1-15-12-20-21(13-16(15)2)28-23(25-20)26(14-17-6-4-3-5-7-17)22(27)18-8-10-19(24)11-9-18/h3-13H,14H2,1-2H3. The number of halogens is 1. The predicted molar refractivity (Wildman–Crippen MR) is 120 cm³/mol. The van der Waals surface area contributed by atoms with Gasteiger partial charge in [0.15, 0.2) is 5.13 Å². The average Bonchev–Trinajstić information content (AvgIpc) is 3.09. The molecule has 1 aromatic heterocycles. The van der Waals surface area contributed by atoms with Crippen molar-refractivity contribution in [3.8, 4) is 0 Å². The minimum Gasteiger partial charge on any atom is -0.279 e. The fourth-order valence-corrected chi connectivity index (χ4v) is 4.33. The first-order valence-electron chi connectivity index (χ1n) is 9.00. The van der Waals surface area contributed by atoms with Gasteiger partial charge in [-0.1, -0.05) is 57.6 Å². The quantitative estimate of drug-likeness (QED) is 0.354. The fraction of sp³-hybridized carbons (Fsp3) is 0.130. The summed E-state index contributed by atoms with van der Waals surface area (Å²) < 4.78 is 2.05. The maximum atomic E-state index is 13.3. The van der Waals surface area contributed by atoms with Crippen LogP contribution in [0.25, 0.3) is 10.2 Å². The van der Waals surface area contributed by atoms with E-state index in [-0.39, 0.29) is 5.91 Å². The highest BCUT2D eigenvalue weighted by Gasteiger charge is 2.22. The van der Waals surface area contributed by atoms with Crippen molar-refractivity contribution < 1.29 is 4.79 Å². The van der Waals surface area contributed by atoms with Crippen molar-refractivity contribution in [1.29, 1.82) is 0 Å². The van der Waals surface area contributed by atoms with E-state index in [1.807, 2.05) is 54.6 Å². The van der Waals surface area contributed by atoms with E-state index in [0.717, 1.165) is 25.4 Å². The molecule has 0 saturated carbocycles. The molecule has 0 N–H and O–H groups in total. The Kier molecular flexibility index (Phi) is 5.29. The van der Waals surface area contributed by atoms with Crippen molar-refractivity contribution >= 4 is 48.5 Å². The third-order valence-electron chi connectivity index (χ3n) is 4.74. The van der Waals surface area contributed by atoms with E-state index in [4.69, 9.17) is 4.98 Å². The normalized spacial score (nSPS) is 11.0. The highest BCUT2D eigenvalue weighted by Crippen LogP contribution is 2.32. The lowest BCUT2D eigenvalue weighted by Gasteiger charge is -2.20. The van der Waals surface area contributed by atoms with Crippen LogP contribution in [0.5, 0.6) is 0 Å². The van der Waals surface area contributed by atoms with Gasteiger partial charge in [0, 0.05) is 10.0 Å². The Balaban J connectivity index is 1.78. The molecule has 1 amide bonds. The monoisotopic (exact) mass is 450 g/mol. The Morgan fingerprint density at radius 3 is 2.39 bits per heavy atom. The van der Waals surface area contributed by atoms with Gasteiger partial charge in [-0.15, -0.1) is 0 Å². The van der Waals surface area contributed by atoms with Crippen molar-refractivity contribution in [2.45, 2.75) is 20.4 Å². The zero-order valence-corrected chi connectivity index (χ0v) is 18.0. The van der Waals surface area contributed by atoms with Gasteiger partial charge in [-0.2, -0.15) is 0 Å². The number of hydrogen-bond donors (Lipinski definition) is 0. The van der Waals surface area contributed by atoms with Gasteiger partial charge in [0.05, 0.1) is 16.8 Å². The Hall–Kier alpha value is -2.50. The summed E-state index contributed by atoms with van der Waals surface area (Å²) in [5, 5.41) is 0.719. The molecule has 3 nitrogen and oxygen atoms in total. The topological polar surface area (TPSA) is 33.2 Å². The third kappa shape index (κ3) is 3.86. The van der Waals surface area contributed by atoms with Crippen LogP contribution in [0.4, 0.5) is 5.13 Å². The van der Waals surface area contributed by atoms with Crippen LogP contribution in [0, 0.1) is 13.8 Å². The van der Waals surface area contributed by atoms with Gasteiger partial charge in [-0.3, -0.25) is 9.69 Å². The summed E-state index contributed by atoms with van der Waals surface area (Å²) in [6, 6.07) is 21.7. The Morgan fingerprint density at radius 2 is 1.68 bits per heavy atom. The van der Waals surface area contributed by atoms with Gasteiger partial charge in [0.2, 0.25) is 0 Å². The number of hydrogen-bond acceptors (Lipinski definition) is 3. The number of carbonyl (C=O) groups excluding carboxylic acids is 1. The molecule has 0 unspecified atom stereocenters. The van der Waals surface area contributed by atoms with Crippen LogP contribution in [0.15, 0.2) is 71.2 Å².